The van der Waals surface area contributed by atoms with Crippen molar-refractivity contribution in [3.8, 4) is 0 Å². The molecule has 1 aliphatic rings. The largest absolute Gasteiger partial charge is 0.373 e. The van der Waals surface area contributed by atoms with Crippen LogP contribution in [0, 0.1) is 11.6 Å². The molecule has 0 aliphatic carbocycles. The van der Waals surface area contributed by atoms with Crippen LogP contribution in [-0.4, -0.2) is 49.4 Å². The third-order valence-electron chi connectivity index (χ3n) is 3.50. The Hall–Kier alpha value is -1.09. The van der Waals surface area contributed by atoms with E-state index in [0.29, 0.717) is 5.56 Å². The molecule has 124 valence electrons. The van der Waals surface area contributed by atoms with Gasteiger partial charge in [-0.25, -0.2) is 8.78 Å². The highest BCUT2D eigenvalue weighted by molar-refractivity contribution is 7.86. The van der Waals surface area contributed by atoms with E-state index in [1.165, 1.54) is 17.4 Å². The van der Waals surface area contributed by atoms with Crippen LogP contribution >= 0.6 is 0 Å². The molecule has 2 atom stereocenters. The first-order valence-electron chi connectivity index (χ1n) is 7.01. The molecule has 2 unspecified atom stereocenters. The van der Waals surface area contributed by atoms with E-state index >= 15 is 0 Å². The summed E-state index contributed by atoms with van der Waals surface area (Å²) in [6.45, 7) is 4.14. The van der Waals surface area contributed by atoms with Crippen molar-refractivity contribution in [2.24, 2.45) is 0 Å². The normalized spacial score (nSPS) is 23.9. The number of ether oxygens (including phenoxy) is 1. The predicted octanol–water partition coefficient (Wildman–Crippen LogP) is 1.75. The Morgan fingerprint density at radius 3 is 2.36 bits per heavy atom. The number of morpholine rings is 1. The molecular weight excluding hydrogens is 314 g/mol. The Balaban J connectivity index is 2.12. The molecule has 1 aromatic carbocycles. The van der Waals surface area contributed by atoms with Crippen molar-refractivity contribution in [2.45, 2.75) is 32.6 Å². The maximum absolute atomic E-state index is 13.2. The van der Waals surface area contributed by atoms with Crippen LogP contribution in [0.15, 0.2) is 18.2 Å². The Morgan fingerprint density at radius 2 is 1.82 bits per heavy atom. The van der Waals surface area contributed by atoms with Gasteiger partial charge in [-0.1, -0.05) is 6.07 Å². The molecule has 8 heteroatoms. The molecule has 1 saturated heterocycles. The van der Waals surface area contributed by atoms with Crippen LogP contribution in [0.1, 0.15) is 19.4 Å². The van der Waals surface area contributed by atoms with Crippen molar-refractivity contribution in [1.29, 1.82) is 0 Å². The fourth-order valence-corrected chi connectivity index (χ4v) is 4.00. The van der Waals surface area contributed by atoms with Gasteiger partial charge in [-0.3, -0.25) is 0 Å². The molecular formula is C14H20F2N2O3S. The van der Waals surface area contributed by atoms with Gasteiger partial charge in [0, 0.05) is 26.7 Å². The van der Waals surface area contributed by atoms with Gasteiger partial charge in [0.05, 0.1) is 12.2 Å². The Labute approximate surface area is 129 Å². The minimum atomic E-state index is -3.68. The lowest BCUT2D eigenvalue weighted by molar-refractivity contribution is -0.0453. The molecule has 0 bridgehead atoms. The summed E-state index contributed by atoms with van der Waals surface area (Å²) in [5.74, 6) is -1.94. The zero-order valence-electron chi connectivity index (χ0n) is 12.8. The highest BCUT2D eigenvalue weighted by Crippen LogP contribution is 2.19. The minimum absolute atomic E-state index is 0.0281. The van der Waals surface area contributed by atoms with Gasteiger partial charge in [0.25, 0.3) is 10.2 Å². The Bertz CT molecular complexity index is 629. The maximum atomic E-state index is 13.2. The van der Waals surface area contributed by atoms with Gasteiger partial charge in [0.15, 0.2) is 11.6 Å². The number of benzene rings is 1. The molecule has 1 fully saturated rings. The van der Waals surface area contributed by atoms with Crippen molar-refractivity contribution in [1.82, 2.24) is 8.61 Å². The lowest BCUT2D eigenvalue weighted by atomic mass is 10.2. The van der Waals surface area contributed by atoms with Crippen LogP contribution in [0.4, 0.5) is 8.78 Å². The highest BCUT2D eigenvalue weighted by atomic mass is 32.2. The Kier molecular flexibility index (Phi) is 5.16. The second-order valence-electron chi connectivity index (χ2n) is 5.59. The molecule has 0 aromatic heterocycles. The van der Waals surface area contributed by atoms with Gasteiger partial charge in [-0.05, 0) is 31.5 Å². The van der Waals surface area contributed by atoms with Gasteiger partial charge in [0.2, 0.25) is 0 Å². The van der Waals surface area contributed by atoms with Crippen LogP contribution in [0.5, 0.6) is 0 Å². The fraction of sp³-hybridized carbons (Fsp3) is 0.571. The Morgan fingerprint density at radius 1 is 1.23 bits per heavy atom. The number of rotatable bonds is 4. The van der Waals surface area contributed by atoms with Gasteiger partial charge in [0.1, 0.15) is 0 Å². The number of nitrogens with zero attached hydrogens (tertiary/aromatic N) is 2. The van der Waals surface area contributed by atoms with E-state index in [2.05, 4.69) is 0 Å². The molecule has 0 saturated carbocycles. The van der Waals surface area contributed by atoms with Crippen molar-refractivity contribution in [3.05, 3.63) is 35.4 Å². The highest BCUT2D eigenvalue weighted by Gasteiger charge is 2.33. The molecule has 1 aromatic rings. The summed E-state index contributed by atoms with van der Waals surface area (Å²) in [5.41, 5.74) is 0.388. The van der Waals surface area contributed by atoms with E-state index < -0.39 is 21.8 Å². The van der Waals surface area contributed by atoms with Crippen molar-refractivity contribution in [3.63, 3.8) is 0 Å². The standard InChI is InChI=1S/C14H20F2N2O3S/c1-10-7-18(8-11(2)21-10)22(19,20)17(3)9-12-4-5-13(15)14(16)6-12/h4-6,10-11H,7-9H2,1-3H3. The molecule has 22 heavy (non-hydrogen) atoms. The van der Waals surface area contributed by atoms with Crippen LogP contribution in [0.25, 0.3) is 0 Å². The summed E-state index contributed by atoms with van der Waals surface area (Å²) < 4.78 is 59.3. The van der Waals surface area contributed by atoms with E-state index in [1.807, 2.05) is 13.8 Å². The van der Waals surface area contributed by atoms with Crippen molar-refractivity contribution >= 4 is 10.2 Å². The lowest BCUT2D eigenvalue weighted by Crippen LogP contribution is -2.52. The second-order valence-corrected chi connectivity index (χ2v) is 7.62. The maximum Gasteiger partial charge on any atom is 0.282 e. The summed E-state index contributed by atoms with van der Waals surface area (Å²) >= 11 is 0. The third kappa shape index (κ3) is 3.81. The average molecular weight is 334 g/mol. The molecule has 2 rings (SSSR count). The summed E-state index contributed by atoms with van der Waals surface area (Å²) in [6.07, 6.45) is -0.370. The van der Waals surface area contributed by atoms with E-state index in [9.17, 15) is 17.2 Å². The number of hydrogen-bond acceptors (Lipinski definition) is 3. The van der Waals surface area contributed by atoms with Gasteiger partial charge in [-0.15, -0.1) is 0 Å². The van der Waals surface area contributed by atoms with Gasteiger partial charge >= 0.3 is 0 Å². The molecule has 0 N–H and O–H groups in total. The van der Waals surface area contributed by atoms with Gasteiger partial charge in [-0.2, -0.15) is 17.0 Å². The number of hydrogen-bond donors (Lipinski definition) is 0. The summed E-state index contributed by atoms with van der Waals surface area (Å²) in [4.78, 5) is 0. The van der Waals surface area contributed by atoms with Crippen LogP contribution in [-0.2, 0) is 21.5 Å². The average Bonchev–Trinajstić information content (AvgIpc) is 2.41. The lowest BCUT2D eigenvalue weighted by Gasteiger charge is -2.36. The number of halogens is 2. The monoisotopic (exact) mass is 334 g/mol. The SMILES string of the molecule is CC1CN(S(=O)(=O)N(C)Cc2ccc(F)c(F)c2)CC(C)O1. The third-order valence-corrected chi connectivity index (χ3v) is 5.36. The summed E-state index contributed by atoms with van der Waals surface area (Å²) in [7, 11) is -2.26. The summed E-state index contributed by atoms with van der Waals surface area (Å²) in [6, 6.07) is 3.37. The zero-order valence-corrected chi connectivity index (χ0v) is 13.6. The van der Waals surface area contributed by atoms with E-state index in [4.69, 9.17) is 4.74 Å². The molecule has 0 amide bonds. The van der Waals surface area contributed by atoms with Crippen molar-refractivity contribution in [2.75, 3.05) is 20.1 Å². The zero-order chi connectivity index (χ0) is 16.5. The summed E-state index contributed by atoms with van der Waals surface area (Å²) in [5, 5.41) is 0. The minimum Gasteiger partial charge on any atom is -0.373 e. The van der Waals surface area contributed by atoms with Crippen molar-refractivity contribution < 1.29 is 21.9 Å². The van der Waals surface area contributed by atoms with E-state index in [-0.39, 0.29) is 31.8 Å². The van der Waals surface area contributed by atoms with Crippen LogP contribution < -0.4 is 0 Å². The molecule has 1 heterocycles. The fourth-order valence-electron chi connectivity index (χ4n) is 2.49. The van der Waals surface area contributed by atoms with Crippen LogP contribution in [0.3, 0.4) is 0 Å². The first-order valence-corrected chi connectivity index (χ1v) is 8.40. The molecule has 5 nitrogen and oxygen atoms in total. The van der Waals surface area contributed by atoms with E-state index in [0.717, 1.165) is 16.4 Å². The molecule has 0 radical (unpaired) electrons. The smallest absolute Gasteiger partial charge is 0.282 e. The quantitative estimate of drug-likeness (QED) is 0.843. The molecule has 0 spiro atoms. The van der Waals surface area contributed by atoms with Gasteiger partial charge < -0.3 is 4.74 Å². The molecule has 1 aliphatic heterocycles. The van der Waals surface area contributed by atoms with E-state index in [1.54, 1.807) is 0 Å². The topological polar surface area (TPSA) is 49.9 Å². The first kappa shape index (κ1) is 17.3. The second kappa shape index (κ2) is 6.57. The van der Waals surface area contributed by atoms with Crippen LogP contribution in [0.2, 0.25) is 0 Å². The predicted molar refractivity (Wildman–Crippen MR) is 78.3 cm³/mol. The first-order chi connectivity index (χ1) is 10.2.